The molecule has 0 amide bonds. The van der Waals surface area contributed by atoms with E-state index >= 15 is 0 Å². The van der Waals surface area contributed by atoms with Gasteiger partial charge in [-0.15, -0.1) is 0 Å². The number of nitrogens with zero attached hydrogens (tertiary/aromatic N) is 1. The quantitative estimate of drug-likeness (QED) is 0.571. The third-order valence-corrected chi connectivity index (χ3v) is 4.76. The third kappa shape index (κ3) is 4.15. The summed E-state index contributed by atoms with van der Waals surface area (Å²) in [6.07, 6.45) is -0.693. The summed E-state index contributed by atoms with van der Waals surface area (Å²) in [5.74, 6) is -1.81. The van der Waals surface area contributed by atoms with Crippen LogP contribution in [0.4, 0.5) is 0 Å². The smallest absolute Gasteiger partial charge is 0.340 e. The highest BCUT2D eigenvalue weighted by atomic mass is 35.5. The highest BCUT2D eigenvalue weighted by Gasteiger charge is 2.42. The van der Waals surface area contributed by atoms with Gasteiger partial charge < -0.3 is 19.1 Å². The number of carbonyl (C=O) groups is 2. The maximum absolute atomic E-state index is 12.9. The second kappa shape index (κ2) is 9.12. The van der Waals surface area contributed by atoms with E-state index < -0.39 is 24.1 Å². The Hall–Kier alpha value is -2.51. The van der Waals surface area contributed by atoms with Crippen molar-refractivity contribution in [1.29, 1.82) is 0 Å². The molecule has 1 aromatic rings. The van der Waals surface area contributed by atoms with E-state index in [0.29, 0.717) is 16.3 Å². The Morgan fingerprint density at radius 3 is 2.43 bits per heavy atom. The molecule has 152 valence electrons. The van der Waals surface area contributed by atoms with Crippen molar-refractivity contribution in [3.05, 3.63) is 57.6 Å². The van der Waals surface area contributed by atoms with E-state index in [0.717, 1.165) is 0 Å². The normalized spacial score (nSPS) is 18.1. The number of esters is 2. The van der Waals surface area contributed by atoms with Gasteiger partial charge in [0.2, 0.25) is 5.88 Å². The predicted molar refractivity (Wildman–Crippen MR) is 105 cm³/mol. The molecule has 1 aliphatic heterocycles. The topological polar surface area (TPSA) is 91.1 Å². The average molecular weight is 409 g/mol. The van der Waals surface area contributed by atoms with Crippen LogP contribution in [-0.4, -0.2) is 43.8 Å². The molecule has 2 atom stereocenters. The minimum atomic E-state index is -0.829. The molecule has 0 aromatic heterocycles. The van der Waals surface area contributed by atoms with Crippen LogP contribution in [0.15, 0.2) is 47.0 Å². The summed E-state index contributed by atoms with van der Waals surface area (Å²) in [5.41, 5.74) is 7.37. The molecule has 28 heavy (non-hydrogen) atoms. The van der Waals surface area contributed by atoms with Gasteiger partial charge in [-0.2, -0.15) is 0 Å². The fourth-order valence-electron chi connectivity index (χ4n) is 3.12. The lowest BCUT2D eigenvalue weighted by Gasteiger charge is -2.36. The van der Waals surface area contributed by atoms with Crippen molar-refractivity contribution in [2.75, 3.05) is 20.8 Å². The highest BCUT2D eigenvalue weighted by molar-refractivity contribution is 6.31. The molecular weight excluding hydrogens is 384 g/mol. The summed E-state index contributed by atoms with van der Waals surface area (Å²) < 4.78 is 16.0. The number of nitrogens with two attached hydrogens (primary N) is 1. The van der Waals surface area contributed by atoms with Crippen molar-refractivity contribution in [3.8, 4) is 0 Å². The lowest BCUT2D eigenvalue weighted by atomic mass is 9.81. The van der Waals surface area contributed by atoms with Crippen molar-refractivity contribution in [2.24, 2.45) is 5.73 Å². The zero-order valence-electron chi connectivity index (χ0n) is 16.6. The van der Waals surface area contributed by atoms with Gasteiger partial charge in [-0.1, -0.05) is 29.8 Å². The summed E-state index contributed by atoms with van der Waals surface area (Å²) in [6.45, 7) is 5.23. The fraction of sp³-hybridized carbons (Fsp3) is 0.400. The van der Waals surface area contributed by atoms with Crippen LogP contribution in [0.5, 0.6) is 0 Å². The zero-order valence-corrected chi connectivity index (χ0v) is 17.4. The third-order valence-electron chi connectivity index (χ3n) is 4.42. The van der Waals surface area contributed by atoms with E-state index in [1.807, 2.05) is 0 Å². The maximum atomic E-state index is 12.9. The van der Waals surface area contributed by atoms with Crippen molar-refractivity contribution < 1.29 is 23.8 Å². The Balaban J connectivity index is 2.84. The molecule has 0 fully saturated rings. The van der Waals surface area contributed by atoms with Crippen molar-refractivity contribution >= 4 is 23.5 Å². The number of halogens is 1. The van der Waals surface area contributed by atoms with Crippen LogP contribution in [0.2, 0.25) is 5.02 Å². The molecule has 7 nitrogen and oxygen atoms in total. The van der Waals surface area contributed by atoms with Crippen LogP contribution in [0, 0.1) is 0 Å². The Morgan fingerprint density at radius 2 is 1.89 bits per heavy atom. The summed E-state index contributed by atoms with van der Waals surface area (Å²) in [5, 5.41) is 0.396. The Labute approximate surface area is 169 Å². The van der Waals surface area contributed by atoms with Gasteiger partial charge in [0, 0.05) is 17.8 Å². The van der Waals surface area contributed by atoms with E-state index in [4.69, 9.17) is 31.5 Å². The van der Waals surface area contributed by atoms with E-state index in [1.54, 1.807) is 57.0 Å². The summed E-state index contributed by atoms with van der Waals surface area (Å²) >= 11 is 6.43. The number of carbonyl (C=O) groups excluding carboxylic acids is 2. The van der Waals surface area contributed by atoms with Crippen molar-refractivity contribution in [3.63, 3.8) is 0 Å². The lowest BCUT2D eigenvalue weighted by Crippen LogP contribution is -2.37. The molecule has 0 radical (unpaired) electrons. The average Bonchev–Trinajstić information content (AvgIpc) is 2.65. The van der Waals surface area contributed by atoms with Gasteiger partial charge in [0.1, 0.15) is 11.8 Å². The number of ether oxygens (including phenoxy) is 3. The van der Waals surface area contributed by atoms with Gasteiger partial charge >= 0.3 is 11.9 Å². The monoisotopic (exact) mass is 408 g/mol. The van der Waals surface area contributed by atoms with Crippen molar-refractivity contribution in [1.82, 2.24) is 4.90 Å². The zero-order chi connectivity index (χ0) is 21.0. The van der Waals surface area contributed by atoms with E-state index in [1.165, 1.54) is 7.11 Å². The number of hydrogen-bond donors (Lipinski definition) is 1. The Kier molecular flexibility index (Phi) is 7.10. The Morgan fingerprint density at radius 1 is 1.25 bits per heavy atom. The molecular formula is C20H25ClN2O5. The number of methoxy groups -OCH3 is 1. The van der Waals surface area contributed by atoms with Gasteiger partial charge in [0.05, 0.1) is 25.2 Å². The molecule has 0 saturated heterocycles. The maximum Gasteiger partial charge on any atom is 0.340 e. The number of hydrogen-bond acceptors (Lipinski definition) is 7. The minimum Gasteiger partial charge on any atom is -0.466 e. The molecule has 1 aliphatic rings. The molecule has 0 saturated carbocycles. The molecule has 0 spiro atoms. The van der Waals surface area contributed by atoms with Gasteiger partial charge in [-0.05, 0) is 32.4 Å². The number of rotatable bonds is 6. The molecule has 8 heteroatoms. The van der Waals surface area contributed by atoms with Gasteiger partial charge in [-0.25, -0.2) is 9.59 Å². The van der Waals surface area contributed by atoms with Crippen LogP contribution in [0.25, 0.3) is 0 Å². The first kappa shape index (κ1) is 21.8. The molecule has 1 heterocycles. The number of allylic oxidation sites excluding steroid dienone is 1. The SMILES string of the molecule is CCOC(=O)C1=C(OC(C)N)N(C)C(C)=C(C(=O)OC)C1c1ccccc1Cl. The van der Waals surface area contributed by atoms with E-state index in [9.17, 15) is 9.59 Å². The first-order chi connectivity index (χ1) is 13.2. The van der Waals surface area contributed by atoms with Crippen LogP contribution < -0.4 is 5.73 Å². The van der Waals surface area contributed by atoms with Gasteiger partial charge in [-0.3, -0.25) is 5.73 Å². The van der Waals surface area contributed by atoms with Crippen LogP contribution >= 0.6 is 11.6 Å². The van der Waals surface area contributed by atoms with Crippen LogP contribution in [0.3, 0.4) is 0 Å². The van der Waals surface area contributed by atoms with Crippen LogP contribution in [0.1, 0.15) is 32.3 Å². The molecule has 2 unspecified atom stereocenters. The van der Waals surface area contributed by atoms with Gasteiger partial charge in [0.15, 0.2) is 0 Å². The molecule has 0 bridgehead atoms. The lowest BCUT2D eigenvalue weighted by molar-refractivity contribution is -0.139. The number of benzene rings is 1. The molecule has 0 aliphatic carbocycles. The predicted octanol–water partition coefficient (Wildman–Crippen LogP) is 2.91. The highest BCUT2D eigenvalue weighted by Crippen LogP contribution is 2.44. The van der Waals surface area contributed by atoms with E-state index in [-0.39, 0.29) is 23.6 Å². The van der Waals surface area contributed by atoms with Crippen molar-refractivity contribution in [2.45, 2.75) is 32.9 Å². The first-order valence-corrected chi connectivity index (χ1v) is 9.23. The Bertz CT molecular complexity index is 832. The molecule has 1 aromatic carbocycles. The minimum absolute atomic E-state index is 0.140. The van der Waals surface area contributed by atoms with Gasteiger partial charge in [0.25, 0.3) is 0 Å². The summed E-state index contributed by atoms with van der Waals surface area (Å²) in [7, 11) is 2.96. The standard InChI is InChI=1S/C20H25ClN2O5/c1-6-27-20(25)17-16(13-9-7-8-10-14(13)21)15(19(24)26-5)11(2)23(4)18(17)28-12(3)22/h7-10,12,16H,6,22H2,1-5H3. The largest absolute Gasteiger partial charge is 0.466 e. The van der Waals surface area contributed by atoms with E-state index in [2.05, 4.69) is 0 Å². The second-order valence-corrected chi connectivity index (χ2v) is 6.67. The summed E-state index contributed by atoms with van der Waals surface area (Å²) in [6, 6.07) is 6.98. The first-order valence-electron chi connectivity index (χ1n) is 8.85. The fourth-order valence-corrected chi connectivity index (χ4v) is 3.36. The van der Waals surface area contributed by atoms with Crippen LogP contribution in [-0.2, 0) is 23.8 Å². The second-order valence-electron chi connectivity index (χ2n) is 6.27. The molecule has 2 rings (SSSR count). The summed E-state index contributed by atoms with van der Waals surface area (Å²) in [4.78, 5) is 27.2. The molecule has 2 N–H and O–H groups in total.